The highest BCUT2D eigenvalue weighted by Crippen LogP contribution is 2.33. The van der Waals surface area contributed by atoms with Crippen molar-refractivity contribution in [2.45, 2.75) is 25.8 Å². The Labute approximate surface area is 112 Å². The topological polar surface area (TPSA) is 20.7 Å². The summed E-state index contributed by atoms with van der Waals surface area (Å²) in [5.41, 5.74) is 1.75. The van der Waals surface area contributed by atoms with Crippen LogP contribution in [0.5, 0.6) is 0 Å². The number of aromatic nitrogens is 2. The van der Waals surface area contributed by atoms with Gasteiger partial charge in [0.1, 0.15) is 5.82 Å². The second-order valence-electron chi connectivity index (χ2n) is 4.60. The largest absolute Gasteiger partial charge is 0.330 e. The Hall–Kier alpha value is -0.680. The first kappa shape index (κ1) is 11.4. The number of fused-ring (bicyclic) bond motifs is 1. The van der Waals surface area contributed by atoms with E-state index in [1.165, 1.54) is 18.9 Å². The van der Waals surface area contributed by atoms with Gasteiger partial charge in [-0.05, 0) is 46.6 Å². The molecule has 1 aliphatic carbocycles. The second kappa shape index (κ2) is 4.21. The van der Waals surface area contributed by atoms with E-state index in [0.717, 1.165) is 29.9 Å². The van der Waals surface area contributed by atoms with Crippen LogP contribution < -0.4 is 0 Å². The van der Waals surface area contributed by atoms with Crippen LogP contribution >= 0.6 is 28.1 Å². The SMILES string of the molecule is Fc1cc2[nH]c(=S)n(CCC3CC3)c2cc1Br. The minimum atomic E-state index is -0.261. The van der Waals surface area contributed by atoms with Crippen LogP contribution in [0.2, 0.25) is 0 Å². The first-order valence-electron chi connectivity index (χ1n) is 5.72. The number of aromatic amines is 1. The fraction of sp³-hybridized carbons (Fsp3) is 0.417. The summed E-state index contributed by atoms with van der Waals surface area (Å²) in [6.45, 7) is 0.918. The van der Waals surface area contributed by atoms with Gasteiger partial charge in [0, 0.05) is 12.6 Å². The van der Waals surface area contributed by atoms with E-state index in [1.807, 2.05) is 0 Å². The molecular formula is C12H12BrFN2S. The van der Waals surface area contributed by atoms with Crippen LogP contribution in [0.1, 0.15) is 19.3 Å². The second-order valence-corrected chi connectivity index (χ2v) is 5.84. The number of halogens is 2. The summed E-state index contributed by atoms with van der Waals surface area (Å²) in [5.74, 6) is 0.605. The molecule has 0 unspecified atom stereocenters. The van der Waals surface area contributed by atoms with Gasteiger partial charge in [-0.2, -0.15) is 0 Å². The summed E-state index contributed by atoms with van der Waals surface area (Å²) < 4.78 is 16.6. The first-order chi connectivity index (χ1) is 8.15. The lowest BCUT2D eigenvalue weighted by atomic mass is 10.2. The molecule has 0 atom stereocenters. The van der Waals surface area contributed by atoms with Crippen molar-refractivity contribution in [3.05, 3.63) is 27.2 Å². The van der Waals surface area contributed by atoms with Gasteiger partial charge in [0.05, 0.1) is 15.5 Å². The van der Waals surface area contributed by atoms with Crippen molar-refractivity contribution in [3.8, 4) is 0 Å². The summed E-state index contributed by atoms with van der Waals surface area (Å²) in [7, 11) is 0. The van der Waals surface area contributed by atoms with Gasteiger partial charge >= 0.3 is 0 Å². The Balaban J connectivity index is 2.05. The summed E-state index contributed by atoms with van der Waals surface area (Å²) in [5, 5.41) is 0. The third-order valence-electron chi connectivity index (χ3n) is 3.27. The predicted molar refractivity (Wildman–Crippen MR) is 72.1 cm³/mol. The maximum Gasteiger partial charge on any atom is 0.178 e. The van der Waals surface area contributed by atoms with Crippen LogP contribution in [-0.2, 0) is 6.54 Å². The van der Waals surface area contributed by atoms with Crippen LogP contribution in [0.3, 0.4) is 0 Å². The molecular weight excluding hydrogens is 303 g/mol. The molecule has 1 saturated carbocycles. The van der Waals surface area contributed by atoms with Crippen LogP contribution in [0.15, 0.2) is 16.6 Å². The number of nitrogens with one attached hydrogen (secondary N) is 1. The Bertz CT molecular complexity index is 627. The van der Waals surface area contributed by atoms with Crippen molar-refractivity contribution in [3.63, 3.8) is 0 Å². The van der Waals surface area contributed by atoms with Crippen LogP contribution in [0, 0.1) is 16.5 Å². The molecule has 1 fully saturated rings. The summed E-state index contributed by atoms with van der Waals surface area (Å²) in [6, 6.07) is 3.28. The number of H-pyrrole nitrogens is 1. The highest BCUT2D eigenvalue weighted by Gasteiger charge is 2.21. The molecule has 1 N–H and O–H groups in total. The first-order valence-corrected chi connectivity index (χ1v) is 6.93. The lowest BCUT2D eigenvalue weighted by Crippen LogP contribution is -1.98. The van der Waals surface area contributed by atoms with Gasteiger partial charge in [0.2, 0.25) is 0 Å². The molecule has 17 heavy (non-hydrogen) atoms. The molecule has 1 heterocycles. The van der Waals surface area contributed by atoms with E-state index in [4.69, 9.17) is 12.2 Å². The lowest BCUT2D eigenvalue weighted by Gasteiger charge is -2.04. The fourth-order valence-corrected chi connectivity index (χ4v) is 2.72. The number of nitrogens with zero attached hydrogens (tertiary/aromatic N) is 1. The minimum Gasteiger partial charge on any atom is -0.330 e. The molecule has 0 aliphatic heterocycles. The van der Waals surface area contributed by atoms with Gasteiger partial charge < -0.3 is 9.55 Å². The van der Waals surface area contributed by atoms with Gasteiger partial charge in [-0.15, -0.1) is 0 Å². The van der Waals surface area contributed by atoms with Gasteiger partial charge in [0.15, 0.2) is 4.77 Å². The minimum absolute atomic E-state index is 0.261. The molecule has 2 aromatic rings. The molecule has 0 spiro atoms. The summed E-state index contributed by atoms with van der Waals surface area (Å²) in [4.78, 5) is 3.06. The van der Waals surface area contributed by atoms with E-state index in [-0.39, 0.29) is 5.82 Å². The zero-order chi connectivity index (χ0) is 12.0. The van der Waals surface area contributed by atoms with Gasteiger partial charge in [-0.1, -0.05) is 12.8 Å². The maximum absolute atomic E-state index is 13.4. The molecule has 3 rings (SSSR count). The third-order valence-corrected chi connectivity index (χ3v) is 4.20. The molecule has 1 aromatic heterocycles. The average molecular weight is 315 g/mol. The Morgan fingerprint density at radius 2 is 2.24 bits per heavy atom. The Morgan fingerprint density at radius 1 is 1.47 bits per heavy atom. The number of aryl methyl sites for hydroxylation is 1. The average Bonchev–Trinajstić information content (AvgIpc) is 3.04. The summed E-state index contributed by atoms with van der Waals surface area (Å²) in [6.07, 6.45) is 3.85. The molecule has 1 aliphatic rings. The number of hydrogen-bond donors (Lipinski definition) is 1. The highest BCUT2D eigenvalue weighted by atomic mass is 79.9. The quantitative estimate of drug-likeness (QED) is 0.833. The highest BCUT2D eigenvalue weighted by molar-refractivity contribution is 9.10. The molecule has 0 saturated heterocycles. The molecule has 0 radical (unpaired) electrons. The van der Waals surface area contributed by atoms with Gasteiger partial charge in [0.25, 0.3) is 0 Å². The number of rotatable bonds is 3. The monoisotopic (exact) mass is 314 g/mol. The standard InChI is InChI=1S/C12H12BrFN2S/c13-8-5-11-10(6-9(8)14)15-12(17)16(11)4-3-7-1-2-7/h5-7H,1-4H2,(H,15,17). The van der Waals surface area contributed by atoms with Crippen molar-refractivity contribution < 1.29 is 4.39 Å². The van der Waals surface area contributed by atoms with E-state index < -0.39 is 0 Å². The van der Waals surface area contributed by atoms with Crippen LogP contribution in [0.4, 0.5) is 4.39 Å². The third kappa shape index (κ3) is 2.18. The van der Waals surface area contributed by atoms with E-state index in [0.29, 0.717) is 9.24 Å². The molecule has 0 bridgehead atoms. The smallest absolute Gasteiger partial charge is 0.178 e. The normalized spacial score (nSPS) is 15.6. The molecule has 2 nitrogen and oxygen atoms in total. The summed E-state index contributed by atoms with van der Waals surface area (Å²) >= 11 is 8.50. The van der Waals surface area contributed by atoms with Crippen molar-refractivity contribution in [1.29, 1.82) is 0 Å². The lowest BCUT2D eigenvalue weighted by molar-refractivity contribution is 0.602. The van der Waals surface area contributed by atoms with Gasteiger partial charge in [-0.3, -0.25) is 0 Å². The van der Waals surface area contributed by atoms with Crippen molar-refractivity contribution in [1.82, 2.24) is 9.55 Å². The molecule has 90 valence electrons. The number of benzene rings is 1. The van der Waals surface area contributed by atoms with Crippen molar-refractivity contribution >= 4 is 39.2 Å². The van der Waals surface area contributed by atoms with Gasteiger partial charge in [-0.25, -0.2) is 4.39 Å². The Morgan fingerprint density at radius 3 is 2.94 bits per heavy atom. The van der Waals surface area contributed by atoms with E-state index in [9.17, 15) is 4.39 Å². The van der Waals surface area contributed by atoms with Crippen LogP contribution in [-0.4, -0.2) is 9.55 Å². The molecule has 1 aromatic carbocycles. The fourth-order valence-electron chi connectivity index (χ4n) is 2.09. The van der Waals surface area contributed by atoms with Crippen molar-refractivity contribution in [2.75, 3.05) is 0 Å². The maximum atomic E-state index is 13.4. The van der Waals surface area contributed by atoms with Crippen molar-refractivity contribution in [2.24, 2.45) is 5.92 Å². The van der Waals surface area contributed by atoms with E-state index in [1.54, 1.807) is 6.07 Å². The number of hydrogen-bond acceptors (Lipinski definition) is 1. The van der Waals surface area contributed by atoms with Crippen LogP contribution in [0.25, 0.3) is 11.0 Å². The molecule has 0 amide bonds. The molecule has 5 heteroatoms. The van der Waals surface area contributed by atoms with E-state index >= 15 is 0 Å². The number of imidazole rings is 1. The predicted octanol–water partition coefficient (Wildman–Crippen LogP) is 4.40. The Kier molecular flexibility index (Phi) is 2.83. The van der Waals surface area contributed by atoms with E-state index in [2.05, 4.69) is 25.5 Å². The zero-order valence-electron chi connectivity index (χ0n) is 9.17. The zero-order valence-corrected chi connectivity index (χ0v) is 11.6.